The standard InChI is InChI=1S/C30H33NO9/c1-36-26-11-6-23(7-12-26)19-40-30(35)31(15-14-21-8-13-27(37-2)28(16-21)38-3)17-25(33)20-39-29(34)24-9-4-22(18-32)5-10-24/h4-13,16,18,25,33H,14-15,17,19-20H2,1-3H3. The molecule has 0 saturated carbocycles. The van der Waals surface area contributed by atoms with Crippen LogP contribution in [0.5, 0.6) is 17.2 Å². The van der Waals surface area contributed by atoms with E-state index in [-0.39, 0.29) is 31.9 Å². The molecule has 0 aliphatic heterocycles. The first-order valence-corrected chi connectivity index (χ1v) is 12.5. The first-order chi connectivity index (χ1) is 19.4. The molecule has 10 nitrogen and oxygen atoms in total. The van der Waals surface area contributed by atoms with Crippen molar-refractivity contribution in [3.8, 4) is 17.2 Å². The van der Waals surface area contributed by atoms with E-state index in [1.54, 1.807) is 51.7 Å². The zero-order valence-electron chi connectivity index (χ0n) is 22.7. The number of nitrogens with zero attached hydrogens (tertiary/aromatic N) is 1. The summed E-state index contributed by atoms with van der Waals surface area (Å²) in [6.45, 7) is -0.231. The van der Waals surface area contributed by atoms with E-state index in [0.717, 1.165) is 11.1 Å². The van der Waals surface area contributed by atoms with Gasteiger partial charge in [-0.3, -0.25) is 4.79 Å². The average Bonchev–Trinajstić information content (AvgIpc) is 3.00. The van der Waals surface area contributed by atoms with Crippen LogP contribution in [0.1, 0.15) is 31.8 Å². The second-order valence-corrected chi connectivity index (χ2v) is 8.78. The predicted molar refractivity (Wildman–Crippen MR) is 146 cm³/mol. The van der Waals surface area contributed by atoms with E-state index in [4.69, 9.17) is 23.7 Å². The van der Waals surface area contributed by atoms with Crippen LogP contribution < -0.4 is 14.2 Å². The lowest BCUT2D eigenvalue weighted by molar-refractivity contribution is 0.0139. The Kier molecular flexibility index (Phi) is 11.3. The Morgan fingerprint density at radius 1 is 0.850 bits per heavy atom. The van der Waals surface area contributed by atoms with Gasteiger partial charge >= 0.3 is 12.1 Å². The SMILES string of the molecule is COc1ccc(COC(=O)N(CCc2ccc(OC)c(OC)c2)CC(O)COC(=O)c2ccc(C=O)cc2)cc1. The molecule has 0 bridgehead atoms. The fourth-order valence-electron chi connectivity index (χ4n) is 3.78. The van der Waals surface area contributed by atoms with Crippen LogP contribution in [0.2, 0.25) is 0 Å². The van der Waals surface area contributed by atoms with Crippen molar-refractivity contribution < 1.29 is 43.2 Å². The Bertz CT molecular complexity index is 1260. The molecule has 0 saturated heterocycles. The van der Waals surface area contributed by atoms with Crippen molar-refractivity contribution in [1.29, 1.82) is 0 Å². The smallest absolute Gasteiger partial charge is 0.410 e. The third kappa shape index (κ3) is 8.74. The molecule has 3 aromatic carbocycles. The lowest BCUT2D eigenvalue weighted by atomic mass is 10.1. The number of hydrogen-bond donors (Lipinski definition) is 1. The molecule has 40 heavy (non-hydrogen) atoms. The fraction of sp³-hybridized carbons (Fsp3) is 0.300. The Hall–Kier alpha value is -4.57. The van der Waals surface area contributed by atoms with E-state index in [9.17, 15) is 19.5 Å². The molecule has 0 radical (unpaired) electrons. The van der Waals surface area contributed by atoms with Crippen molar-refractivity contribution in [3.63, 3.8) is 0 Å². The van der Waals surface area contributed by atoms with Crippen molar-refractivity contribution in [2.45, 2.75) is 19.1 Å². The fourth-order valence-corrected chi connectivity index (χ4v) is 3.78. The van der Waals surface area contributed by atoms with Gasteiger partial charge in [0.2, 0.25) is 0 Å². The molecule has 0 aromatic heterocycles. The van der Waals surface area contributed by atoms with Gasteiger partial charge in [0.05, 0.1) is 33.4 Å². The van der Waals surface area contributed by atoms with E-state index in [0.29, 0.717) is 35.5 Å². The van der Waals surface area contributed by atoms with Crippen molar-refractivity contribution in [3.05, 3.63) is 89.0 Å². The van der Waals surface area contributed by atoms with E-state index in [1.165, 1.54) is 29.2 Å². The molecule has 0 aliphatic carbocycles. The monoisotopic (exact) mass is 551 g/mol. The van der Waals surface area contributed by atoms with Crippen molar-refractivity contribution in [2.24, 2.45) is 0 Å². The molecule has 1 N–H and O–H groups in total. The summed E-state index contributed by atoms with van der Waals surface area (Å²) in [5.41, 5.74) is 2.31. The lowest BCUT2D eigenvalue weighted by Crippen LogP contribution is -2.41. The molecule has 1 atom stereocenters. The first kappa shape index (κ1) is 30.0. The number of amides is 1. The van der Waals surface area contributed by atoms with E-state index < -0.39 is 18.2 Å². The van der Waals surface area contributed by atoms with Gasteiger partial charge in [-0.15, -0.1) is 0 Å². The summed E-state index contributed by atoms with van der Waals surface area (Å²) in [7, 11) is 4.66. The molecular formula is C30H33NO9. The number of methoxy groups -OCH3 is 3. The normalized spacial score (nSPS) is 11.2. The van der Waals surface area contributed by atoms with Crippen LogP contribution in [0.4, 0.5) is 4.79 Å². The van der Waals surface area contributed by atoms with Crippen LogP contribution in [-0.4, -0.2) is 75.5 Å². The highest BCUT2D eigenvalue weighted by Crippen LogP contribution is 2.27. The Morgan fingerprint density at radius 2 is 1.52 bits per heavy atom. The number of hydrogen-bond acceptors (Lipinski definition) is 9. The number of aliphatic hydroxyl groups excluding tert-OH is 1. The molecule has 3 aromatic rings. The van der Waals surface area contributed by atoms with Crippen LogP contribution in [0.25, 0.3) is 0 Å². The lowest BCUT2D eigenvalue weighted by Gasteiger charge is -2.25. The van der Waals surface area contributed by atoms with Crippen LogP contribution >= 0.6 is 0 Å². The average molecular weight is 552 g/mol. The predicted octanol–water partition coefficient (Wildman–Crippen LogP) is 3.92. The minimum absolute atomic E-state index is 0.0253. The third-order valence-electron chi connectivity index (χ3n) is 6.02. The maximum Gasteiger partial charge on any atom is 0.410 e. The van der Waals surface area contributed by atoms with Crippen LogP contribution in [-0.2, 0) is 22.5 Å². The molecule has 1 unspecified atom stereocenters. The van der Waals surface area contributed by atoms with Gasteiger partial charge in [-0.1, -0.05) is 30.3 Å². The Balaban J connectivity index is 1.64. The second kappa shape index (κ2) is 15.1. The highest BCUT2D eigenvalue weighted by Gasteiger charge is 2.21. The molecule has 0 aliphatic rings. The van der Waals surface area contributed by atoms with Gasteiger partial charge in [0.25, 0.3) is 0 Å². The van der Waals surface area contributed by atoms with E-state index in [2.05, 4.69) is 0 Å². The number of carbonyl (C=O) groups is 3. The Morgan fingerprint density at radius 3 is 2.15 bits per heavy atom. The molecule has 3 rings (SSSR count). The molecule has 0 heterocycles. The molecule has 212 valence electrons. The van der Waals surface area contributed by atoms with Gasteiger partial charge in [-0.25, -0.2) is 9.59 Å². The summed E-state index contributed by atoms with van der Waals surface area (Å²) in [5.74, 6) is 1.17. The van der Waals surface area contributed by atoms with Crippen LogP contribution in [0.15, 0.2) is 66.7 Å². The summed E-state index contributed by atoms with van der Waals surface area (Å²) in [6.07, 6.45) is -0.695. The summed E-state index contributed by atoms with van der Waals surface area (Å²) in [4.78, 5) is 37.5. The number of carbonyl (C=O) groups excluding carboxylic acids is 3. The van der Waals surface area contributed by atoms with Gasteiger partial charge in [0.15, 0.2) is 11.5 Å². The minimum Gasteiger partial charge on any atom is -0.497 e. The maximum atomic E-state index is 13.0. The van der Waals surface area contributed by atoms with Gasteiger partial charge in [0.1, 0.15) is 31.4 Å². The first-order valence-electron chi connectivity index (χ1n) is 12.5. The maximum absolute atomic E-state index is 13.0. The topological polar surface area (TPSA) is 121 Å². The van der Waals surface area contributed by atoms with E-state index >= 15 is 0 Å². The van der Waals surface area contributed by atoms with E-state index in [1.807, 2.05) is 12.1 Å². The highest BCUT2D eigenvalue weighted by molar-refractivity contribution is 5.90. The number of ether oxygens (including phenoxy) is 5. The quantitative estimate of drug-likeness (QED) is 0.235. The summed E-state index contributed by atoms with van der Waals surface area (Å²) in [6, 6.07) is 18.5. The number of rotatable bonds is 14. The minimum atomic E-state index is -1.17. The van der Waals surface area contributed by atoms with Crippen molar-refractivity contribution in [2.75, 3.05) is 41.0 Å². The molecule has 0 fully saturated rings. The number of aldehydes is 1. The summed E-state index contributed by atoms with van der Waals surface area (Å²) in [5, 5.41) is 10.6. The molecule has 1 amide bonds. The molecule has 0 spiro atoms. The Labute approximate surface area is 233 Å². The summed E-state index contributed by atoms with van der Waals surface area (Å²) >= 11 is 0. The highest BCUT2D eigenvalue weighted by atomic mass is 16.6. The number of aliphatic hydroxyl groups is 1. The van der Waals surface area contributed by atoms with Gasteiger partial charge < -0.3 is 33.7 Å². The molecular weight excluding hydrogens is 518 g/mol. The van der Waals surface area contributed by atoms with Crippen molar-refractivity contribution in [1.82, 2.24) is 4.90 Å². The third-order valence-corrected chi connectivity index (χ3v) is 6.02. The van der Waals surface area contributed by atoms with Crippen LogP contribution in [0, 0.1) is 0 Å². The summed E-state index contributed by atoms with van der Waals surface area (Å²) < 4.78 is 26.5. The number of esters is 1. The molecule has 10 heteroatoms. The number of benzene rings is 3. The van der Waals surface area contributed by atoms with Gasteiger partial charge in [0, 0.05) is 12.1 Å². The van der Waals surface area contributed by atoms with Gasteiger partial charge in [-0.2, -0.15) is 0 Å². The van der Waals surface area contributed by atoms with Crippen LogP contribution in [0.3, 0.4) is 0 Å². The largest absolute Gasteiger partial charge is 0.497 e. The van der Waals surface area contributed by atoms with Gasteiger partial charge in [-0.05, 0) is 53.9 Å². The zero-order chi connectivity index (χ0) is 28.9. The zero-order valence-corrected chi connectivity index (χ0v) is 22.7. The second-order valence-electron chi connectivity index (χ2n) is 8.78. The van der Waals surface area contributed by atoms with Crippen molar-refractivity contribution >= 4 is 18.3 Å².